The van der Waals surface area contributed by atoms with Crippen LogP contribution in [0.5, 0.6) is 5.75 Å². The lowest BCUT2D eigenvalue weighted by Crippen LogP contribution is -2.12. The van der Waals surface area contributed by atoms with E-state index in [0.717, 1.165) is 24.4 Å². The molecule has 2 nitrogen and oxygen atoms in total. The lowest BCUT2D eigenvalue weighted by molar-refractivity contribution is 0.340. The molecule has 0 saturated carbocycles. The van der Waals surface area contributed by atoms with E-state index < -0.39 is 0 Å². The highest BCUT2D eigenvalue weighted by molar-refractivity contribution is 5.28. The topological polar surface area (TPSA) is 21.3 Å². The molecule has 0 aliphatic heterocycles. The summed E-state index contributed by atoms with van der Waals surface area (Å²) in [4.78, 5) is 0. The van der Waals surface area contributed by atoms with Crippen molar-refractivity contribution < 1.29 is 9.13 Å². The number of hydrogen-bond donors (Lipinski definition) is 1. The zero-order valence-electron chi connectivity index (χ0n) is 11.0. The van der Waals surface area contributed by atoms with Crippen LogP contribution in [0, 0.1) is 5.82 Å². The molecule has 1 N–H and O–H groups in total. The Morgan fingerprint density at radius 3 is 2.47 bits per heavy atom. The van der Waals surface area contributed by atoms with Crippen LogP contribution in [0.1, 0.15) is 18.1 Å². The molecule has 0 spiro atoms. The summed E-state index contributed by atoms with van der Waals surface area (Å²) in [6.45, 7) is 4.13. The van der Waals surface area contributed by atoms with E-state index >= 15 is 0 Å². The van der Waals surface area contributed by atoms with Gasteiger partial charge in [0.2, 0.25) is 0 Å². The Labute approximate surface area is 113 Å². The van der Waals surface area contributed by atoms with E-state index in [2.05, 4.69) is 11.4 Å². The Bertz CT molecular complexity index is 510. The summed E-state index contributed by atoms with van der Waals surface area (Å²) in [6, 6.07) is 14.6. The minimum atomic E-state index is -0.201. The predicted molar refractivity (Wildman–Crippen MR) is 74.6 cm³/mol. The van der Waals surface area contributed by atoms with Gasteiger partial charge < -0.3 is 10.1 Å². The zero-order valence-corrected chi connectivity index (χ0v) is 11.0. The Hall–Kier alpha value is -1.87. The molecule has 0 aliphatic carbocycles. The number of rotatable bonds is 6. The van der Waals surface area contributed by atoms with Gasteiger partial charge in [0, 0.05) is 13.1 Å². The SMILES string of the molecule is CCOc1cccc(CNCc2ccc(F)cc2)c1. The van der Waals surface area contributed by atoms with E-state index in [1.165, 1.54) is 17.7 Å². The summed E-state index contributed by atoms with van der Waals surface area (Å²) < 4.78 is 18.2. The number of halogens is 1. The van der Waals surface area contributed by atoms with Crippen LogP contribution in [-0.4, -0.2) is 6.61 Å². The Morgan fingerprint density at radius 1 is 1.00 bits per heavy atom. The van der Waals surface area contributed by atoms with Crippen molar-refractivity contribution >= 4 is 0 Å². The van der Waals surface area contributed by atoms with Crippen LogP contribution in [0.4, 0.5) is 4.39 Å². The summed E-state index contributed by atoms with van der Waals surface area (Å²) in [5, 5.41) is 3.33. The first-order valence-electron chi connectivity index (χ1n) is 6.45. The first kappa shape index (κ1) is 13.6. The molecule has 0 bridgehead atoms. The molecule has 2 aromatic carbocycles. The van der Waals surface area contributed by atoms with Crippen molar-refractivity contribution in [2.45, 2.75) is 20.0 Å². The van der Waals surface area contributed by atoms with Gasteiger partial charge in [0.15, 0.2) is 0 Å². The van der Waals surface area contributed by atoms with Crippen molar-refractivity contribution in [3.05, 3.63) is 65.5 Å². The molecule has 0 heterocycles. The summed E-state index contributed by atoms with van der Waals surface area (Å²) >= 11 is 0. The molecule has 0 aromatic heterocycles. The van der Waals surface area contributed by atoms with Gasteiger partial charge >= 0.3 is 0 Å². The maximum atomic E-state index is 12.8. The van der Waals surface area contributed by atoms with E-state index in [1.54, 1.807) is 12.1 Å². The lowest BCUT2D eigenvalue weighted by atomic mass is 10.2. The third-order valence-corrected chi connectivity index (χ3v) is 2.78. The number of nitrogens with one attached hydrogen (secondary N) is 1. The number of ether oxygens (including phenoxy) is 1. The van der Waals surface area contributed by atoms with E-state index in [9.17, 15) is 4.39 Å². The highest BCUT2D eigenvalue weighted by Gasteiger charge is 1.97. The zero-order chi connectivity index (χ0) is 13.5. The molecular weight excluding hydrogens is 241 g/mol. The molecule has 3 heteroatoms. The van der Waals surface area contributed by atoms with Crippen LogP contribution in [0.2, 0.25) is 0 Å². The van der Waals surface area contributed by atoms with Crippen LogP contribution in [0.25, 0.3) is 0 Å². The van der Waals surface area contributed by atoms with Gasteiger partial charge in [0.1, 0.15) is 11.6 Å². The molecule has 0 atom stereocenters. The molecule has 100 valence electrons. The highest BCUT2D eigenvalue weighted by Crippen LogP contribution is 2.13. The molecule has 2 rings (SSSR count). The molecule has 0 fully saturated rings. The van der Waals surface area contributed by atoms with Crippen molar-refractivity contribution in [3.63, 3.8) is 0 Å². The molecule has 0 radical (unpaired) electrons. The second kappa shape index (κ2) is 6.90. The van der Waals surface area contributed by atoms with Crippen LogP contribution >= 0.6 is 0 Å². The van der Waals surface area contributed by atoms with E-state index in [0.29, 0.717) is 6.61 Å². The van der Waals surface area contributed by atoms with Crippen molar-refractivity contribution in [1.82, 2.24) is 5.32 Å². The van der Waals surface area contributed by atoms with Crippen LogP contribution in [0.15, 0.2) is 48.5 Å². The van der Waals surface area contributed by atoms with E-state index in [4.69, 9.17) is 4.74 Å². The van der Waals surface area contributed by atoms with Gasteiger partial charge in [-0.1, -0.05) is 24.3 Å². The van der Waals surface area contributed by atoms with E-state index in [-0.39, 0.29) is 5.82 Å². The fourth-order valence-corrected chi connectivity index (χ4v) is 1.87. The second-order valence-corrected chi connectivity index (χ2v) is 4.31. The molecular formula is C16H18FNO. The predicted octanol–water partition coefficient (Wildman–Crippen LogP) is 3.51. The molecule has 0 aliphatic rings. The summed E-state index contributed by atoms with van der Waals surface area (Å²) in [6.07, 6.45) is 0. The van der Waals surface area contributed by atoms with Gasteiger partial charge in [-0.25, -0.2) is 4.39 Å². The normalized spacial score (nSPS) is 10.4. The quantitative estimate of drug-likeness (QED) is 0.857. The smallest absolute Gasteiger partial charge is 0.123 e. The largest absolute Gasteiger partial charge is 0.494 e. The summed E-state index contributed by atoms with van der Waals surface area (Å²) in [5.41, 5.74) is 2.25. The number of benzene rings is 2. The van der Waals surface area contributed by atoms with Gasteiger partial charge in [0.25, 0.3) is 0 Å². The average Bonchev–Trinajstić information content (AvgIpc) is 2.42. The van der Waals surface area contributed by atoms with Crippen molar-refractivity contribution in [2.24, 2.45) is 0 Å². The maximum Gasteiger partial charge on any atom is 0.123 e. The number of hydrogen-bond acceptors (Lipinski definition) is 2. The Morgan fingerprint density at radius 2 is 1.74 bits per heavy atom. The van der Waals surface area contributed by atoms with E-state index in [1.807, 2.05) is 25.1 Å². The minimum Gasteiger partial charge on any atom is -0.494 e. The maximum absolute atomic E-state index is 12.8. The van der Waals surface area contributed by atoms with Crippen molar-refractivity contribution in [1.29, 1.82) is 0 Å². The molecule has 0 saturated heterocycles. The standard InChI is InChI=1S/C16H18FNO/c1-2-19-16-5-3-4-14(10-16)12-18-11-13-6-8-15(17)9-7-13/h3-10,18H,2,11-12H2,1H3. The molecule has 0 amide bonds. The van der Waals surface area contributed by atoms with Crippen LogP contribution in [0.3, 0.4) is 0 Å². The van der Waals surface area contributed by atoms with Crippen molar-refractivity contribution in [2.75, 3.05) is 6.61 Å². The third kappa shape index (κ3) is 4.38. The average molecular weight is 259 g/mol. The van der Waals surface area contributed by atoms with Gasteiger partial charge in [-0.2, -0.15) is 0 Å². The fraction of sp³-hybridized carbons (Fsp3) is 0.250. The Balaban J connectivity index is 1.85. The highest BCUT2D eigenvalue weighted by atomic mass is 19.1. The molecule has 2 aromatic rings. The molecule has 19 heavy (non-hydrogen) atoms. The molecule has 0 unspecified atom stereocenters. The summed E-state index contributed by atoms with van der Waals surface area (Å²) in [7, 11) is 0. The van der Waals surface area contributed by atoms with Gasteiger partial charge in [-0.05, 0) is 42.3 Å². The van der Waals surface area contributed by atoms with Gasteiger partial charge in [0.05, 0.1) is 6.61 Å². The first-order chi connectivity index (χ1) is 9.28. The van der Waals surface area contributed by atoms with Gasteiger partial charge in [-0.3, -0.25) is 0 Å². The Kier molecular flexibility index (Phi) is 4.93. The third-order valence-electron chi connectivity index (χ3n) is 2.78. The lowest BCUT2D eigenvalue weighted by Gasteiger charge is -2.07. The fourth-order valence-electron chi connectivity index (χ4n) is 1.87. The monoisotopic (exact) mass is 259 g/mol. The second-order valence-electron chi connectivity index (χ2n) is 4.31. The van der Waals surface area contributed by atoms with Gasteiger partial charge in [-0.15, -0.1) is 0 Å². The minimum absolute atomic E-state index is 0.201. The van der Waals surface area contributed by atoms with Crippen LogP contribution in [-0.2, 0) is 13.1 Å². The van der Waals surface area contributed by atoms with Crippen LogP contribution < -0.4 is 10.1 Å². The first-order valence-corrected chi connectivity index (χ1v) is 6.45. The van der Waals surface area contributed by atoms with Crippen molar-refractivity contribution in [3.8, 4) is 5.75 Å². The summed E-state index contributed by atoms with van der Waals surface area (Å²) in [5.74, 6) is 0.691.